The lowest BCUT2D eigenvalue weighted by molar-refractivity contribution is 0.320. The van der Waals surface area contributed by atoms with Gasteiger partial charge in [-0.25, -0.2) is 4.39 Å². The SMILES string of the molecule is O/N=C1\c2ccccc2-c2ccc(F)cc21. The first-order valence-corrected chi connectivity index (χ1v) is 4.93. The number of halogens is 1. The Hall–Kier alpha value is -2.16. The minimum absolute atomic E-state index is 0.326. The maximum Gasteiger partial charge on any atom is 0.123 e. The first-order chi connectivity index (χ1) is 7.81. The lowest BCUT2D eigenvalue weighted by atomic mass is 10.1. The summed E-state index contributed by atoms with van der Waals surface area (Å²) in [5.41, 5.74) is 3.80. The highest BCUT2D eigenvalue weighted by molar-refractivity contribution is 6.24. The molecule has 0 saturated carbocycles. The molecule has 3 rings (SSSR count). The number of fused-ring (bicyclic) bond motifs is 3. The molecule has 0 saturated heterocycles. The summed E-state index contributed by atoms with van der Waals surface area (Å²) in [5.74, 6) is -0.326. The molecular weight excluding hydrogens is 205 g/mol. The smallest absolute Gasteiger partial charge is 0.123 e. The zero-order valence-electron chi connectivity index (χ0n) is 8.31. The van der Waals surface area contributed by atoms with Crippen molar-refractivity contribution < 1.29 is 9.60 Å². The molecule has 0 amide bonds. The van der Waals surface area contributed by atoms with Crippen molar-refractivity contribution in [2.24, 2.45) is 5.16 Å². The van der Waals surface area contributed by atoms with Crippen LogP contribution in [0.4, 0.5) is 4.39 Å². The van der Waals surface area contributed by atoms with E-state index >= 15 is 0 Å². The number of oxime groups is 1. The third-order valence-electron chi connectivity index (χ3n) is 2.81. The fraction of sp³-hybridized carbons (Fsp3) is 0. The van der Waals surface area contributed by atoms with Crippen LogP contribution in [-0.2, 0) is 0 Å². The molecule has 0 radical (unpaired) electrons. The highest BCUT2D eigenvalue weighted by Crippen LogP contribution is 2.36. The maximum absolute atomic E-state index is 13.2. The quantitative estimate of drug-likeness (QED) is 0.452. The second-order valence-electron chi connectivity index (χ2n) is 3.68. The van der Waals surface area contributed by atoms with Crippen LogP contribution >= 0.6 is 0 Å². The molecule has 2 aromatic rings. The van der Waals surface area contributed by atoms with Gasteiger partial charge in [-0.1, -0.05) is 35.5 Å². The summed E-state index contributed by atoms with van der Waals surface area (Å²) in [6.07, 6.45) is 0. The van der Waals surface area contributed by atoms with Crippen molar-refractivity contribution >= 4 is 5.71 Å². The van der Waals surface area contributed by atoms with Crippen LogP contribution in [0, 0.1) is 5.82 Å². The van der Waals surface area contributed by atoms with Crippen molar-refractivity contribution in [3.8, 4) is 11.1 Å². The van der Waals surface area contributed by atoms with E-state index in [4.69, 9.17) is 5.21 Å². The van der Waals surface area contributed by atoms with Gasteiger partial charge in [0, 0.05) is 11.1 Å². The minimum Gasteiger partial charge on any atom is -0.410 e. The summed E-state index contributed by atoms with van der Waals surface area (Å²) in [5, 5.41) is 12.3. The Bertz CT molecular complexity index is 605. The molecule has 0 unspecified atom stereocenters. The normalized spacial score (nSPS) is 14.9. The molecule has 1 aliphatic rings. The number of rotatable bonds is 0. The molecule has 0 spiro atoms. The first kappa shape index (κ1) is 9.09. The third-order valence-corrected chi connectivity index (χ3v) is 2.81. The monoisotopic (exact) mass is 213 g/mol. The van der Waals surface area contributed by atoms with Gasteiger partial charge in [-0.05, 0) is 23.3 Å². The van der Waals surface area contributed by atoms with Gasteiger partial charge >= 0.3 is 0 Å². The molecular formula is C13H8FNO. The lowest BCUT2D eigenvalue weighted by Crippen LogP contribution is -1.97. The van der Waals surface area contributed by atoms with E-state index in [9.17, 15) is 4.39 Å². The van der Waals surface area contributed by atoms with E-state index in [-0.39, 0.29) is 5.82 Å². The van der Waals surface area contributed by atoms with Crippen molar-refractivity contribution in [2.75, 3.05) is 0 Å². The molecule has 1 aliphatic carbocycles. The van der Waals surface area contributed by atoms with Crippen LogP contribution in [0.25, 0.3) is 11.1 Å². The van der Waals surface area contributed by atoms with Crippen molar-refractivity contribution in [3.05, 3.63) is 59.4 Å². The van der Waals surface area contributed by atoms with Crippen LogP contribution in [-0.4, -0.2) is 10.9 Å². The van der Waals surface area contributed by atoms with Crippen LogP contribution in [0.2, 0.25) is 0 Å². The Morgan fingerprint density at radius 1 is 0.875 bits per heavy atom. The zero-order chi connectivity index (χ0) is 11.1. The second-order valence-corrected chi connectivity index (χ2v) is 3.68. The van der Waals surface area contributed by atoms with Gasteiger partial charge in [0.2, 0.25) is 0 Å². The summed E-state index contributed by atoms with van der Waals surface area (Å²) in [6.45, 7) is 0. The summed E-state index contributed by atoms with van der Waals surface area (Å²) in [6, 6.07) is 12.1. The average molecular weight is 213 g/mol. The highest BCUT2D eigenvalue weighted by Gasteiger charge is 2.25. The van der Waals surface area contributed by atoms with Crippen molar-refractivity contribution in [1.82, 2.24) is 0 Å². The Kier molecular flexibility index (Phi) is 1.80. The number of benzene rings is 2. The minimum atomic E-state index is -0.326. The fourth-order valence-electron chi connectivity index (χ4n) is 2.12. The van der Waals surface area contributed by atoms with E-state index in [1.54, 1.807) is 6.07 Å². The first-order valence-electron chi connectivity index (χ1n) is 4.93. The van der Waals surface area contributed by atoms with Gasteiger partial charge in [-0.2, -0.15) is 0 Å². The van der Waals surface area contributed by atoms with E-state index in [1.165, 1.54) is 12.1 Å². The van der Waals surface area contributed by atoms with E-state index in [0.29, 0.717) is 11.3 Å². The van der Waals surface area contributed by atoms with E-state index < -0.39 is 0 Å². The second kappa shape index (κ2) is 3.17. The number of nitrogens with zero attached hydrogens (tertiary/aromatic N) is 1. The Balaban J connectivity index is 2.39. The Morgan fingerprint density at radius 2 is 1.56 bits per heavy atom. The van der Waals surface area contributed by atoms with Crippen molar-refractivity contribution in [2.45, 2.75) is 0 Å². The molecule has 2 nitrogen and oxygen atoms in total. The summed E-state index contributed by atoms with van der Waals surface area (Å²) >= 11 is 0. The number of hydrogen-bond donors (Lipinski definition) is 1. The lowest BCUT2D eigenvalue weighted by Gasteiger charge is -1.98. The van der Waals surface area contributed by atoms with Gasteiger partial charge in [-0.15, -0.1) is 0 Å². The third kappa shape index (κ3) is 1.08. The van der Waals surface area contributed by atoms with E-state index in [2.05, 4.69) is 5.16 Å². The molecule has 0 fully saturated rings. The molecule has 78 valence electrons. The largest absolute Gasteiger partial charge is 0.410 e. The van der Waals surface area contributed by atoms with Gasteiger partial charge < -0.3 is 5.21 Å². The maximum atomic E-state index is 13.2. The summed E-state index contributed by atoms with van der Waals surface area (Å²) in [4.78, 5) is 0. The molecule has 0 heterocycles. The highest BCUT2D eigenvalue weighted by atomic mass is 19.1. The predicted molar refractivity (Wildman–Crippen MR) is 59.3 cm³/mol. The van der Waals surface area contributed by atoms with Crippen LogP contribution in [0.3, 0.4) is 0 Å². The van der Waals surface area contributed by atoms with E-state index in [1.807, 2.05) is 24.3 Å². The van der Waals surface area contributed by atoms with Crippen LogP contribution in [0.5, 0.6) is 0 Å². The van der Waals surface area contributed by atoms with E-state index in [0.717, 1.165) is 16.7 Å². The summed E-state index contributed by atoms with van der Waals surface area (Å²) in [7, 11) is 0. The molecule has 0 aromatic heterocycles. The summed E-state index contributed by atoms with van der Waals surface area (Å²) < 4.78 is 13.2. The van der Waals surface area contributed by atoms with Gasteiger partial charge in [0.25, 0.3) is 0 Å². The molecule has 2 aromatic carbocycles. The molecule has 16 heavy (non-hydrogen) atoms. The van der Waals surface area contributed by atoms with Gasteiger partial charge in [0.1, 0.15) is 11.5 Å². The molecule has 0 aliphatic heterocycles. The standard InChI is InChI=1S/C13H8FNO/c14-8-5-6-10-9-3-1-2-4-11(9)13(15-16)12(10)7-8/h1-7,16H/b15-13+. The number of hydrogen-bond acceptors (Lipinski definition) is 2. The molecule has 0 bridgehead atoms. The van der Waals surface area contributed by atoms with Crippen LogP contribution in [0.15, 0.2) is 47.6 Å². The Morgan fingerprint density at radius 3 is 2.31 bits per heavy atom. The van der Waals surface area contributed by atoms with Crippen molar-refractivity contribution in [1.29, 1.82) is 0 Å². The average Bonchev–Trinajstić information content (AvgIpc) is 2.61. The zero-order valence-corrected chi connectivity index (χ0v) is 8.31. The van der Waals surface area contributed by atoms with Gasteiger partial charge in [0.05, 0.1) is 0 Å². The molecule has 3 heteroatoms. The van der Waals surface area contributed by atoms with Crippen molar-refractivity contribution in [3.63, 3.8) is 0 Å². The van der Waals surface area contributed by atoms with Crippen LogP contribution in [0.1, 0.15) is 11.1 Å². The fourth-order valence-corrected chi connectivity index (χ4v) is 2.12. The topological polar surface area (TPSA) is 32.6 Å². The molecule has 0 atom stereocenters. The molecule has 1 N–H and O–H groups in total. The Labute approximate surface area is 91.7 Å². The van der Waals surface area contributed by atoms with Gasteiger partial charge in [0.15, 0.2) is 0 Å². The van der Waals surface area contributed by atoms with Gasteiger partial charge in [-0.3, -0.25) is 0 Å². The van der Waals surface area contributed by atoms with Crippen LogP contribution < -0.4 is 0 Å². The predicted octanol–water partition coefficient (Wildman–Crippen LogP) is 3.03.